The van der Waals surface area contributed by atoms with E-state index in [0.717, 1.165) is 25.7 Å². The highest BCUT2D eigenvalue weighted by molar-refractivity contribution is 5.49. The zero-order chi connectivity index (χ0) is 32.5. The lowest BCUT2D eigenvalue weighted by Crippen LogP contribution is -2.61. The summed E-state index contributed by atoms with van der Waals surface area (Å²) in [6.07, 6.45) is -0.571. The fraction of sp³-hybridized carbons (Fsp3) is 0.943. The van der Waals surface area contributed by atoms with E-state index in [-0.39, 0.29) is 52.8 Å². The van der Waals surface area contributed by atoms with Gasteiger partial charge >= 0.3 is 0 Å². The second-order valence-corrected chi connectivity index (χ2v) is 17.9. The zero-order valence-electron chi connectivity index (χ0n) is 27.8. The van der Waals surface area contributed by atoms with Crippen LogP contribution in [0.4, 0.5) is 0 Å². The maximum atomic E-state index is 12.6. The molecular formula is C35H54O10. The first-order valence-corrected chi connectivity index (χ1v) is 17.3. The molecule has 17 atom stereocenters. The van der Waals surface area contributed by atoms with Crippen LogP contribution in [0.2, 0.25) is 0 Å². The van der Waals surface area contributed by atoms with E-state index in [9.17, 15) is 30.6 Å². The molecule has 8 rings (SSSR count). The van der Waals surface area contributed by atoms with Crippen molar-refractivity contribution in [1.82, 2.24) is 0 Å². The Labute approximate surface area is 266 Å². The van der Waals surface area contributed by atoms with Crippen molar-refractivity contribution in [1.29, 1.82) is 0 Å². The minimum Gasteiger partial charge on any atom is -0.392 e. The highest BCUT2D eigenvalue weighted by atomic mass is 16.8. The lowest BCUT2D eigenvalue weighted by atomic mass is 9.44. The van der Waals surface area contributed by atoms with E-state index in [1.54, 1.807) is 13.8 Å². The third-order valence-electron chi connectivity index (χ3n) is 15.3. The van der Waals surface area contributed by atoms with E-state index in [1.165, 1.54) is 5.57 Å². The molecule has 10 nitrogen and oxygen atoms in total. The minimum atomic E-state index is -1.33. The first kappa shape index (κ1) is 31.6. The fourth-order valence-corrected chi connectivity index (χ4v) is 13.2. The van der Waals surface area contributed by atoms with E-state index >= 15 is 0 Å². The summed E-state index contributed by atoms with van der Waals surface area (Å²) >= 11 is 0. The van der Waals surface area contributed by atoms with Gasteiger partial charge in [-0.15, -0.1) is 0 Å². The molecule has 8 aliphatic rings. The van der Waals surface area contributed by atoms with E-state index in [0.29, 0.717) is 12.8 Å². The van der Waals surface area contributed by atoms with Gasteiger partial charge in [0.25, 0.3) is 0 Å². The van der Waals surface area contributed by atoms with Crippen LogP contribution in [0.25, 0.3) is 0 Å². The molecule has 0 aromatic heterocycles. The van der Waals surface area contributed by atoms with Crippen molar-refractivity contribution < 1.29 is 49.6 Å². The summed E-state index contributed by atoms with van der Waals surface area (Å²) in [4.78, 5) is 0. The molecule has 2 bridgehead atoms. The SMILES string of the molecule is C[C@@H]1C[C@H]2O[C@]3(O[C@H]2C(C)(C)O)[C@H]1[C@@]1(C)[C@H](O)C[C@@]24C[C@@]25CC[C@H](O[C@@H]2OC[C@@H](O)[C@H](O)[C@H]2O)C(C)(C)[C@@H]5CC=C4[C@]1(C)[C@H]3O. The monoisotopic (exact) mass is 634 g/mol. The van der Waals surface area contributed by atoms with E-state index in [4.69, 9.17) is 18.9 Å². The number of hydrogen-bond acceptors (Lipinski definition) is 10. The lowest BCUT2D eigenvalue weighted by molar-refractivity contribution is -0.301. The van der Waals surface area contributed by atoms with Gasteiger partial charge in [0.15, 0.2) is 12.1 Å². The van der Waals surface area contributed by atoms with Crippen molar-refractivity contribution in [2.45, 2.75) is 154 Å². The standard InChI is InChI=1S/C35H54O10/c1-16-12-18-26(30(4,5)41)45-35(44-18)25(16)32(7)21(37)13-34-15-33(34)11-10-22(43-27-24(39)23(38)17(36)14-42-27)29(2,3)19(33)8-9-20(34)31(32,6)28(35)40/h9,16-19,21-28,36-41H,8,10-15H2,1-7H3/t16-,17-,18-,19+,21-,22+,23+,24-,25-,26-,27+,28-,31-,32-,33-,34+,35+/m1/s1. The maximum absolute atomic E-state index is 12.6. The van der Waals surface area contributed by atoms with Crippen LogP contribution in [0.1, 0.15) is 87.0 Å². The minimum absolute atomic E-state index is 0.0557. The van der Waals surface area contributed by atoms with Gasteiger partial charge in [0.05, 0.1) is 30.5 Å². The molecule has 6 N–H and O–H groups in total. The number of fused-ring (bicyclic) bond motifs is 4. The molecule has 10 heteroatoms. The third kappa shape index (κ3) is 3.46. The topological polar surface area (TPSA) is 158 Å². The van der Waals surface area contributed by atoms with Crippen molar-refractivity contribution in [2.75, 3.05) is 6.61 Å². The van der Waals surface area contributed by atoms with Crippen molar-refractivity contribution in [2.24, 2.45) is 44.8 Å². The van der Waals surface area contributed by atoms with Gasteiger partial charge in [-0.1, -0.05) is 46.3 Å². The van der Waals surface area contributed by atoms with Crippen LogP contribution >= 0.6 is 0 Å². The second-order valence-electron chi connectivity index (χ2n) is 17.9. The largest absolute Gasteiger partial charge is 0.392 e. The van der Waals surface area contributed by atoms with Crippen molar-refractivity contribution in [3.8, 4) is 0 Å². The van der Waals surface area contributed by atoms with Crippen LogP contribution in [-0.4, -0.2) is 104 Å². The summed E-state index contributed by atoms with van der Waals surface area (Å²) in [5, 5.41) is 66.9. The van der Waals surface area contributed by atoms with Crippen LogP contribution < -0.4 is 0 Å². The van der Waals surface area contributed by atoms with Crippen LogP contribution in [0.5, 0.6) is 0 Å². The average Bonchev–Trinajstić information content (AvgIpc) is 3.44. The molecule has 45 heavy (non-hydrogen) atoms. The molecule has 4 saturated carbocycles. The van der Waals surface area contributed by atoms with Gasteiger partial charge in [-0.3, -0.25) is 0 Å². The van der Waals surface area contributed by atoms with Gasteiger partial charge in [-0.05, 0) is 75.0 Å². The summed E-state index contributed by atoms with van der Waals surface area (Å²) in [6, 6.07) is 0. The van der Waals surface area contributed by atoms with Crippen LogP contribution in [0.3, 0.4) is 0 Å². The maximum Gasteiger partial charge on any atom is 0.200 e. The first-order valence-electron chi connectivity index (χ1n) is 17.3. The van der Waals surface area contributed by atoms with Gasteiger partial charge in [0.1, 0.15) is 30.5 Å². The van der Waals surface area contributed by atoms with E-state index < -0.39 is 65.1 Å². The molecule has 0 unspecified atom stereocenters. The molecule has 0 radical (unpaired) electrons. The second kappa shape index (κ2) is 9.11. The molecule has 3 heterocycles. The summed E-state index contributed by atoms with van der Waals surface area (Å²) in [6.45, 7) is 14.3. The highest BCUT2D eigenvalue weighted by Crippen LogP contribution is 2.89. The zero-order valence-corrected chi connectivity index (χ0v) is 27.8. The highest BCUT2D eigenvalue weighted by Gasteiger charge is 2.88. The van der Waals surface area contributed by atoms with Crippen LogP contribution in [0.15, 0.2) is 11.6 Å². The molecule has 254 valence electrons. The smallest absolute Gasteiger partial charge is 0.200 e. The number of allylic oxidation sites excluding steroid dienone is 1. The summed E-state index contributed by atoms with van der Waals surface area (Å²) in [5.41, 5.74) is -2.00. The average molecular weight is 635 g/mol. The Kier molecular flexibility index (Phi) is 6.40. The predicted octanol–water partition coefficient (Wildman–Crippen LogP) is 2.01. The Morgan fingerprint density at radius 2 is 1.71 bits per heavy atom. The summed E-state index contributed by atoms with van der Waals surface area (Å²) in [5.74, 6) is -1.18. The number of hydrogen-bond donors (Lipinski definition) is 6. The molecule has 5 aliphatic carbocycles. The number of rotatable bonds is 3. The Balaban J connectivity index is 1.15. The molecule has 0 aromatic rings. The molecular weight excluding hydrogens is 580 g/mol. The molecule has 0 aromatic carbocycles. The van der Waals surface area contributed by atoms with Crippen molar-refractivity contribution in [3.05, 3.63) is 11.6 Å². The molecule has 0 amide bonds. The van der Waals surface area contributed by atoms with Crippen molar-refractivity contribution in [3.63, 3.8) is 0 Å². The third-order valence-corrected chi connectivity index (χ3v) is 15.3. The van der Waals surface area contributed by atoms with Gasteiger partial charge in [0, 0.05) is 22.2 Å². The number of aliphatic hydroxyl groups excluding tert-OH is 5. The molecule has 3 spiro atoms. The molecule has 3 aliphatic heterocycles. The molecule has 7 fully saturated rings. The molecule has 3 saturated heterocycles. The van der Waals surface area contributed by atoms with Crippen molar-refractivity contribution >= 4 is 0 Å². The first-order chi connectivity index (χ1) is 20.8. The van der Waals surface area contributed by atoms with Gasteiger partial charge < -0.3 is 49.6 Å². The van der Waals surface area contributed by atoms with Crippen LogP contribution in [0, 0.1) is 44.8 Å². The normalized spacial score (nSPS) is 61.0. The Morgan fingerprint density at radius 3 is 2.40 bits per heavy atom. The lowest BCUT2D eigenvalue weighted by Gasteiger charge is -2.61. The summed E-state index contributed by atoms with van der Waals surface area (Å²) < 4.78 is 25.5. The number of ether oxygens (including phenoxy) is 4. The van der Waals surface area contributed by atoms with E-state index in [2.05, 4.69) is 40.7 Å². The van der Waals surface area contributed by atoms with Gasteiger partial charge in [-0.25, -0.2) is 0 Å². The van der Waals surface area contributed by atoms with Gasteiger partial charge in [0.2, 0.25) is 0 Å². The Bertz CT molecular complexity index is 1300. The van der Waals surface area contributed by atoms with Crippen LogP contribution in [-0.2, 0) is 18.9 Å². The number of aliphatic hydroxyl groups is 6. The Hall–Kier alpha value is -0.660. The Morgan fingerprint density at radius 1 is 1.00 bits per heavy atom. The predicted molar refractivity (Wildman–Crippen MR) is 160 cm³/mol. The summed E-state index contributed by atoms with van der Waals surface area (Å²) in [7, 11) is 0. The van der Waals surface area contributed by atoms with Gasteiger partial charge in [-0.2, -0.15) is 0 Å². The quantitative estimate of drug-likeness (QED) is 0.254. The van der Waals surface area contributed by atoms with E-state index in [1.807, 2.05) is 0 Å². The fourth-order valence-electron chi connectivity index (χ4n) is 13.2.